The van der Waals surface area contributed by atoms with Gasteiger partial charge in [-0.25, -0.2) is 4.79 Å². The number of benzene rings is 3. The minimum atomic E-state index is -0.967. The number of carboxylic acids is 1. The average Bonchev–Trinajstić information content (AvgIpc) is 2.76. The molecule has 4 rings (SSSR count). The van der Waals surface area contributed by atoms with Crippen molar-refractivity contribution >= 4 is 23.6 Å². The first-order valence-electron chi connectivity index (χ1n) is 9.53. The molecule has 0 unspecified atom stereocenters. The molecule has 162 valence electrons. The topological polar surface area (TPSA) is 121 Å². The fraction of sp³-hybridized carbons (Fsp3) is 0.0800. The fourth-order valence-electron chi connectivity index (χ4n) is 3.39. The van der Waals surface area contributed by atoms with Crippen molar-refractivity contribution in [2.45, 2.75) is 6.92 Å². The SMILES string of the molecule is COc1ccccc1C=CC(=O)O.Cc1cc(O)c2c(c1)C(=O)c1cccc(O)c1C2=O. The minimum absolute atomic E-state index is 0.0374. The van der Waals surface area contributed by atoms with Crippen LogP contribution in [0.4, 0.5) is 0 Å². The van der Waals surface area contributed by atoms with Gasteiger partial charge in [-0.15, -0.1) is 0 Å². The Morgan fingerprint density at radius 3 is 2.25 bits per heavy atom. The van der Waals surface area contributed by atoms with Gasteiger partial charge in [0.15, 0.2) is 5.78 Å². The number of ketones is 2. The maximum Gasteiger partial charge on any atom is 0.328 e. The van der Waals surface area contributed by atoms with E-state index in [9.17, 15) is 24.6 Å². The van der Waals surface area contributed by atoms with Crippen molar-refractivity contribution in [2.75, 3.05) is 7.11 Å². The van der Waals surface area contributed by atoms with Gasteiger partial charge >= 0.3 is 5.97 Å². The van der Waals surface area contributed by atoms with Crippen molar-refractivity contribution in [2.24, 2.45) is 0 Å². The molecule has 3 aromatic rings. The molecule has 0 fully saturated rings. The number of aliphatic carboxylic acids is 1. The molecule has 0 radical (unpaired) electrons. The van der Waals surface area contributed by atoms with Crippen LogP contribution in [-0.4, -0.2) is 40.0 Å². The molecule has 0 amide bonds. The molecule has 0 aromatic heterocycles. The van der Waals surface area contributed by atoms with E-state index in [0.29, 0.717) is 11.3 Å². The number of ether oxygens (including phenoxy) is 1. The van der Waals surface area contributed by atoms with Crippen molar-refractivity contribution < 1.29 is 34.4 Å². The van der Waals surface area contributed by atoms with Gasteiger partial charge < -0.3 is 20.1 Å². The molecule has 0 bridgehead atoms. The molecule has 0 saturated carbocycles. The minimum Gasteiger partial charge on any atom is -0.507 e. The summed E-state index contributed by atoms with van der Waals surface area (Å²) in [6, 6.07) is 14.6. The summed E-state index contributed by atoms with van der Waals surface area (Å²) in [6.45, 7) is 1.73. The second kappa shape index (κ2) is 9.18. The molecular weight excluding hydrogens is 412 g/mol. The van der Waals surface area contributed by atoms with Gasteiger partial charge in [0, 0.05) is 22.8 Å². The third kappa shape index (κ3) is 4.37. The van der Waals surface area contributed by atoms with Crippen LogP contribution in [-0.2, 0) is 4.79 Å². The zero-order valence-corrected chi connectivity index (χ0v) is 17.3. The molecule has 0 heterocycles. The molecule has 0 spiro atoms. The number of fused-ring (bicyclic) bond motifs is 2. The van der Waals surface area contributed by atoms with Gasteiger partial charge in [-0.05, 0) is 42.8 Å². The number of hydrogen-bond acceptors (Lipinski definition) is 6. The number of hydrogen-bond donors (Lipinski definition) is 3. The molecule has 3 aromatic carbocycles. The Bertz CT molecular complexity index is 1260. The van der Waals surface area contributed by atoms with E-state index in [2.05, 4.69) is 0 Å². The smallest absolute Gasteiger partial charge is 0.328 e. The predicted molar refractivity (Wildman–Crippen MR) is 117 cm³/mol. The van der Waals surface area contributed by atoms with E-state index in [1.165, 1.54) is 30.3 Å². The van der Waals surface area contributed by atoms with Crippen molar-refractivity contribution in [3.8, 4) is 17.2 Å². The highest BCUT2D eigenvalue weighted by molar-refractivity contribution is 6.30. The Balaban J connectivity index is 0.000000195. The van der Waals surface area contributed by atoms with Crippen LogP contribution in [0.15, 0.2) is 60.7 Å². The van der Waals surface area contributed by atoms with Crippen LogP contribution in [0.25, 0.3) is 6.08 Å². The summed E-state index contributed by atoms with van der Waals surface area (Å²) >= 11 is 0. The van der Waals surface area contributed by atoms with Crippen molar-refractivity contribution in [3.05, 3.63) is 94.1 Å². The third-order valence-electron chi connectivity index (χ3n) is 4.79. The largest absolute Gasteiger partial charge is 0.507 e. The lowest BCUT2D eigenvalue weighted by Gasteiger charge is -2.19. The first kappa shape index (κ1) is 22.3. The zero-order chi connectivity index (χ0) is 23.4. The molecule has 32 heavy (non-hydrogen) atoms. The first-order chi connectivity index (χ1) is 15.2. The van der Waals surface area contributed by atoms with Crippen LogP contribution >= 0.6 is 0 Å². The molecule has 1 aliphatic rings. The number of methoxy groups -OCH3 is 1. The monoisotopic (exact) mass is 432 g/mol. The standard InChI is InChI=1S/C15H10O4.C10H10O3/c1-7-5-9-13(11(17)6-7)15(19)12-8(14(9)18)3-2-4-10(12)16;1-13-9-5-3-2-4-8(9)6-7-10(11)12/h2-6,16-17H,1H3;2-7H,1H3,(H,11,12). The van der Waals surface area contributed by atoms with Gasteiger partial charge in [0.25, 0.3) is 0 Å². The van der Waals surface area contributed by atoms with Gasteiger partial charge in [0.1, 0.15) is 17.2 Å². The van der Waals surface area contributed by atoms with Crippen LogP contribution < -0.4 is 4.74 Å². The van der Waals surface area contributed by atoms with E-state index in [1.807, 2.05) is 12.1 Å². The van der Waals surface area contributed by atoms with Crippen LogP contribution in [0, 0.1) is 6.92 Å². The van der Waals surface area contributed by atoms with Crippen LogP contribution in [0.1, 0.15) is 43.0 Å². The molecule has 7 heteroatoms. The van der Waals surface area contributed by atoms with E-state index in [0.717, 1.165) is 11.6 Å². The van der Waals surface area contributed by atoms with Gasteiger partial charge in [0.2, 0.25) is 5.78 Å². The fourth-order valence-corrected chi connectivity index (χ4v) is 3.39. The number of phenolic OH excluding ortho intramolecular Hbond substituents is 2. The van der Waals surface area contributed by atoms with E-state index in [4.69, 9.17) is 9.84 Å². The van der Waals surface area contributed by atoms with Crippen molar-refractivity contribution in [3.63, 3.8) is 0 Å². The Kier molecular flexibility index (Phi) is 6.39. The van der Waals surface area contributed by atoms with Gasteiger partial charge in [0.05, 0.1) is 18.2 Å². The number of carboxylic acid groups (broad SMARTS) is 1. The van der Waals surface area contributed by atoms with Crippen LogP contribution in [0.3, 0.4) is 0 Å². The summed E-state index contributed by atoms with van der Waals surface area (Å²) in [5, 5.41) is 28.1. The average molecular weight is 432 g/mol. The number of carbonyl (C=O) groups excluding carboxylic acids is 2. The third-order valence-corrected chi connectivity index (χ3v) is 4.79. The van der Waals surface area contributed by atoms with Crippen LogP contribution in [0.5, 0.6) is 17.2 Å². The van der Waals surface area contributed by atoms with Crippen LogP contribution in [0.2, 0.25) is 0 Å². The number of aromatic hydroxyl groups is 2. The molecule has 0 atom stereocenters. The highest BCUT2D eigenvalue weighted by Crippen LogP contribution is 2.36. The van der Waals surface area contributed by atoms with Crippen molar-refractivity contribution in [1.29, 1.82) is 0 Å². The normalized spacial score (nSPS) is 11.9. The molecule has 3 N–H and O–H groups in total. The Labute approximate surface area is 183 Å². The summed E-state index contributed by atoms with van der Waals surface area (Å²) in [4.78, 5) is 34.9. The summed E-state index contributed by atoms with van der Waals surface area (Å²) in [5.41, 5.74) is 1.72. The van der Waals surface area contributed by atoms with Crippen molar-refractivity contribution in [1.82, 2.24) is 0 Å². The molecule has 1 aliphatic carbocycles. The quantitative estimate of drug-likeness (QED) is 0.419. The summed E-state index contributed by atoms with van der Waals surface area (Å²) in [6.07, 6.45) is 2.58. The lowest BCUT2D eigenvalue weighted by Crippen LogP contribution is -2.21. The highest BCUT2D eigenvalue weighted by Gasteiger charge is 2.34. The Morgan fingerprint density at radius 1 is 0.875 bits per heavy atom. The van der Waals surface area contributed by atoms with E-state index >= 15 is 0 Å². The number of aryl methyl sites for hydroxylation is 1. The molecule has 7 nitrogen and oxygen atoms in total. The number of carbonyl (C=O) groups is 3. The van der Waals surface area contributed by atoms with E-state index in [1.54, 1.807) is 32.2 Å². The second-order valence-corrected chi connectivity index (χ2v) is 6.98. The highest BCUT2D eigenvalue weighted by atomic mass is 16.5. The number of phenols is 2. The Morgan fingerprint density at radius 2 is 1.56 bits per heavy atom. The summed E-state index contributed by atoms with van der Waals surface area (Å²) in [7, 11) is 1.55. The van der Waals surface area contributed by atoms with Gasteiger partial charge in [-0.3, -0.25) is 9.59 Å². The first-order valence-corrected chi connectivity index (χ1v) is 9.53. The summed E-state index contributed by atoms with van der Waals surface area (Å²) in [5.74, 6) is -1.67. The molecular formula is C25H20O7. The molecule has 0 aliphatic heterocycles. The maximum atomic E-state index is 12.3. The lowest BCUT2D eigenvalue weighted by molar-refractivity contribution is -0.131. The number of para-hydroxylation sites is 1. The second-order valence-electron chi connectivity index (χ2n) is 6.98. The maximum absolute atomic E-state index is 12.3. The summed E-state index contributed by atoms with van der Waals surface area (Å²) < 4.78 is 5.03. The lowest BCUT2D eigenvalue weighted by atomic mass is 9.82. The van der Waals surface area contributed by atoms with E-state index < -0.39 is 11.8 Å². The zero-order valence-electron chi connectivity index (χ0n) is 17.3. The Hall–Kier alpha value is -4.39. The predicted octanol–water partition coefficient (Wildman–Crippen LogP) is 3.97. The van der Waals surface area contributed by atoms with Gasteiger partial charge in [-0.2, -0.15) is 0 Å². The van der Waals surface area contributed by atoms with E-state index in [-0.39, 0.29) is 39.5 Å². The molecule has 0 saturated heterocycles. The van der Waals surface area contributed by atoms with Gasteiger partial charge in [-0.1, -0.05) is 30.3 Å². The number of rotatable bonds is 3.